The van der Waals surface area contributed by atoms with Crippen molar-refractivity contribution < 1.29 is 24.5 Å². The second kappa shape index (κ2) is 7.01. The third-order valence-electron chi connectivity index (χ3n) is 3.97. The van der Waals surface area contributed by atoms with Crippen LogP contribution in [0.3, 0.4) is 0 Å². The topological polar surface area (TPSA) is 142 Å². The van der Waals surface area contributed by atoms with E-state index in [0.717, 1.165) is 0 Å². The molecule has 0 bridgehead atoms. The van der Waals surface area contributed by atoms with Crippen molar-refractivity contribution in [1.29, 1.82) is 0 Å². The Morgan fingerprint density at radius 2 is 2.25 bits per heavy atom. The maximum Gasteiger partial charge on any atom is 0.248 e. The lowest BCUT2D eigenvalue weighted by Gasteiger charge is -2.49. The molecule has 0 aliphatic carbocycles. The van der Waals surface area contributed by atoms with Crippen LogP contribution in [0.5, 0.6) is 0 Å². The molecule has 9 nitrogen and oxygen atoms in total. The number of thioether (sulfide) groups is 1. The van der Waals surface area contributed by atoms with Crippen LogP contribution >= 0.6 is 24.2 Å². The van der Waals surface area contributed by atoms with Gasteiger partial charge in [-0.05, 0) is 0 Å². The van der Waals surface area contributed by atoms with Crippen molar-refractivity contribution in [3.63, 3.8) is 0 Å². The van der Waals surface area contributed by atoms with E-state index in [2.05, 4.69) is 0 Å². The van der Waals surface area contributed by atoms with Gasteiger partial charge in [-0.2, -0.15) is 0 Å². The number of carboxylic acids is 1. The van der Waals surface area contributed by atoms with E-state index < -0.39 is 17.9 Å². The van der Waals surface area contributed by atoms with Crippen LogP contribution in [0.4, 0.5) is 5.82 Å². The number of amides is 1. The number of nitrogen functional groups attached to an aromatic ring is 1. The highest BCUT2D eigenvalue weighted by atomic mass is 35.5. The van der Waals surface area contributed by atoms with Gasteiger partial charge in [-0.15, -0.1) is 33.5 Å². The monoisotopic (exact) mass is 375 g/mol. The van der Waals surface area contributed by atoms with Gasteiger partial charge in [-0.1, -0.05) is 0 Å². The van der Waals surface area contributed by atoms with E-state index in [1.807, 2.05) is 0 Å². The fraction of sp³-hybridized carbons (Fsp3) is 0.462. The quantitative estimate of drug-likeness (QED) is 0.368. The number of aliphatic carboxylic acids is 1. The maximum absolute atomic E-state index is 11.9. The molecule has 1 aromatic rings. The third-order valence-corrected chi connectivity index (χ3v) is 5.33. The number of fused-ring (bicyclic) bond motifs is 1. The number of nitrogens with zero attached hydrogens (tertiary/aromatic N) is 3. The van der Waals surface area contributed by atoms with Gasteiger partial charge in [0.05, 0.1) is 24.3 Å². The van der Waals surface area contributed by atoms with Crippen LogP contribution in [-0.4, -0.2) is 50.3 Å². The van der Waals surface area contributed by atoms with Gasteiger partial charge in [0.2, 0.25) is 5.91 Å². The number of hydrogen-bond acceptors (Lipinski definition) is 7. The SMILES string of the molecule is Cl.Nc1cc[n+](CC2=C(C(=O)[O-])N3C(=O)[C@@H](N)[C@@H]3SC2)n1CCO. The third kappa shape index (κ3) is 2.86. The molecule has 0 unspecified atom stereocenters. The Balaban J connectivity index is 0.00000208. The number of halogens is 1. The molecular formula is C13H18ClN5O4S. The smallest absolute Gasteiger partial charge is 0.248 e. The Morgan fingerprint density at radius 3 is 2.88 bits per heavy atom. The van der Waals surface area contributed by atoms with Gasteiger partial charge in [-0.3, -0.25) is 9.69 Å². The molecule has 1 amide bonds. The molecule has 11 heteroatoms. The van der Waals surface area contributed by atoms with E-state index >= 15 is 0 Å². The van der Waals surface area contributed by atoms with Crippen molar-refractivity contribution in [2.24, 2.45) is 5.73 Å². The van der Waals surface area contributed by atoms with Crippen LogP contribution in [0.2, 0.25) is 0 Å². The van der Waals surface area contributed by atoms with E-state index in [1.54, 1.807) is 21.6 Å². The number of nitrogens with two attached hydrogens (primary N) is 2. The zero-order valence-electron chi connectivity index (χ0n) is 12.6. The number of aliphatic hydroxyl groups is 1. The maximum atomic E-state index is 11.9. The molecule has 1 fully saturated rings. The number of carbonyl (C=O) groups is 2. The summed E-state index contributed by atoms with van der Waals surface area (Å²) in [5.74, 6) is -0.908. The highest BCUT2D eigenvalue weighted by Crippen LogP contribution is 2.39. The van der Waals surface area contributed by atoms with Gasteiger partial charge in [-0.25, -0.2) is 0 Å². The van der Waals surface area contributed by atoms with Crippen LogP contribution < -0.4 is 21.3 Å². The zero-order valence-corrected chi connectivity index (χ0v) is 14.3. The average Bonchev–Trinajstić information content (AvgIpc) is 2.87. The molecule has 132 valence electrons. The minimum absolute atomic E-state index is 0. The lowest BCUT2D eigenvalue weighted by atomic mass is 10.0. The Kier molecular flexibility index (Phi) is 5.43. The van der Waals surface area contributed by atoms with Gasteiger partial charge in [0.1, 0.15) is 18.0 Å². The molecule has 2 aliphatic heterocycles. The van der Waals surface area contributed by atoms with Crippen LogP contribution in [0.25, 0.3) is 0 Å². The highest BCUT2D eigenvalue weighted by molar-refractivity contribution is 8.00. The molecule has 3 rings (SSSR count). The van der Waals surface area contributed by atoms with Gasteiger partial charge in [0, 0.05) is 11.3 Å². The van der Waals surface area contributed by atoms with Crippen molar-refractivity contribution >= 4 is 41.9 Å². The number of rotatable bonds is 5. The molecule has 1 saturated heterocycles. The predicted molar refractivity (Wildman–Crippen MR) is 86.5 cm³/mol. The largest absolute Gasteiger partial charge is 0.543 e. The lowest BCUT2D eigenvalue weighted by molar-refractivity contribution is -0.767. The standard InChI is InChI=1S/C13H17N5O4S.ClH/c14-8-1-2-16(17(8)3-4-19)5-7-6-23-12-9(15)11(20)18(12)10(7)13(21)22;/h1-2,9,12,14,19H,3-6,15H2,(H,21,22);1H/t9-,12+;/m1./s1. The number of β-lactam (4-membered cyclic amide) rings is 1. The normalized spacial score (nSPS) is 22.8. The second-order valence-corrected chi connectivity index (χ2v) is 6.47. The molecule has 5 N–H and O–H groups in total. The van der Waals surface area contributed by atoms with E-state index in [9.17, 15) is 14.7 Å². The van der Waals surface area contributed by atoms with Gasteiger partial charge >= 0.3 is 0 Å². The number of carboxylic acid groups (broad SMARTS) is 1. The van der Waals surface area contributed by atoms with Crippen molar-refractivity contribution in [3.8, 4) is 0 Å². The average molecular weight is 376 g/mol. The first-order chi connectivity index (χ1) is 11.0. The van der Waals surface area contributed by atoms with Crippen molar-refractivity contribution in [2.75, 3.05) is 18.1 Å². The molecule has 2 aliphatic rings. The molecule has 24 heavy (non-hydrogen) atoms. The molecule has 2 atom stereocenters. The van der Waals surface area contributed by atoms with E-state index in [-0.39, 0.29) is 43.2 Å². The molecular weight excluding hydrogens is 358 g/mol. The first-order valence-corrected chi connectivity index (χ1v) is 8.09. The molecule has 0 radical (unpaired) electrons. The summed E-state index contributed by atoms with van der Waals surface area (Å²) in [5.41, 5.74) is 12.0. The number of carbonyl (C=O) groups excluding carboxylic acids is 2. The zero-order chi connectivity index (χ0) is 16.7. The van der Waals surface area contributed by atoms with E-state index in [1.165, 1.54) is 16.7 Å². The first kappa shape index (κ1) is 18.6. The number of anilines is 1. The lowest BCUT2D eigenvalue weighted by Crippen LogP contribution is -2.69. The predicted octanol–water partition coefficient (Wildman–Crippen LogP) is -2.98. The summed E-state index contributed by atoms with van der Waals surface area (Å²) in [4.78, 5) is 24.6. The Morgan fingerprint density at radius 1 is 1.54 bits per heavy atom. The van der Waals surface area contributed by atoms with Crippen LogP contribution in [0.1, 0.15) is 0 Å². The van der Waals surface area contributed by atoms with Crippen LogP contribution in [0.15, 0.2) is 23.5 Å². The Hall–Kier alpha value is -1.75. The Labute approximate surface area is 148 Å². The second-order valence-electron chi connectivity index (χ2n) is 5.36. The summed E-state index contributed by atoms with van der Waals surface area (Å²) < 4.78 is 3.34. The molecule has 0 saturated carbocycles. The summed E-state index contributed by atoms with van der Waals surface area (Å²) in [7, 11) is 0. The van der Waals surface area contributed by atoms with Gasteiger partial charge in [0.25, 0.3) is 0 Å². The summed E-state index contributed by atoms with van der Waals surface area (Å²) in [6, 6.07) is 0.996. The van der Waals surface area contributed by atoms with Crippen molar-refractivity contribution in [3.05, 3.63) is 23.5 Å². The molecule has 0 aromatic carbocycles. The molecule has 3 heterocycles. The summed E-state index contributed by atoms with van der Waals surface area (Å²) in [6.07, 6.45) is 1.70. The summed E-state index contributed by atoms with van der Waals surface area (Å²) in [5, 5.41) is 20.3. The van der Waals surface area contributed by atoms with Crippen LogP contribution in [-0.2, 0) is 22.7 Å². The summed E-state index contributed by atoms with van der Waals surface area (Å²) in [6.45, 7) is 0.427. The minimum Gasteiger partial charge on any atom is -0.543 e. The van der Waals surface area contributed by atoms with Gasteiger partial charge in [0.15, 0.2) is 18.6 Å². The fourth-order valence-electron chi connectivity index (χ4n) is 2.85. The highest BCUT2D eigenvalue weighted by Gasteiger charge is 2.50. The minimum atomic E-state index is -1.39. The fourth-order valence-corrected chi connectivity index (χ4v) is 4.14. The van der Waals surface area contributed by atoms with Crippen molar-refractivity contribution in [1.82, 2.24) is 9.58 Å². The van der Waals surface area contributed by atoms with Crippen LogP contribution in [0, 0.1) is 0 Å². The Bertz CT molecular complexity index is 707. The first-order valence-electron chi connectivity index (χ1n) is 7.05. The van der Waals surface area contributed by atoms with E-state index in [4.69, 9.17) is 16.6 Å². The van der Waals surface area contributed by atoms with Gasteiger partial charge < -0.3 is 26.5 Å². The number of aromatic nitrogens is 2. The van der Waals surface area contributed by atoms with E-state index in [0.29, 0.717) is 17.1 Å². The number of hydrogen-bond donors (Lipinski definition) is 3. The summed E-state index contributed by atoms with van der Waals surface area (Å²) >= 11 is 1.43. The molecule has 0 spiro atoms. The number of aliphatic hydroxyl groups excluding tert-OH is 1. The van der Waals surface area contributed by atoms with Crippen molar-refractivity contribution in [2.45, 2.75) is 24.5 Å². The molecule has 1 aromatic heterocycles.